The van der Waals surface area contributed by atoms with Gasteiger partial charge in [-0.15, -0.1) is 0 Å². The Bertz CT molecular complexity index is 1100. The third kappa shape index (κ3) is 5.86. The van der Waals surface area contributed by atoms with E-state index in [1.807, 2.05) is 4.72 Å². The number of nitrogens with zero attached hydrogens (tertiary/aromatic N) is 1. The van der Waals surface area contributed by atoms with Crippen LogP contribution in [0, 0.1) is 0 Å². The van der Waals surface area contributed by atoms with Gasteiger partial charge in [-0.2, -0.15) is 13.2 Å². The molecule has 1 heterocycles. The van der Waals surface area contributed by atoms with Gasteiger partial charge in [0.05, 0.1) is 28.3 Å². The van der Waals surface area contributed by atoms with Crippen LogP contribution in [0.25, 0.3) is 0 Å². The second-order valence-corrected chi connectivity index (χ2v) is 9.06. The summed E-state index contributed by atoms with van der Waals surface area (Å²) >= 11 is 0. The van der Waals surface area contributed by atoms with E-state index < -0.39 is 39.1 Å². The first kappa shape index (κ1) is 23.7. The minimum atomic E-state index is -4.70. The number of carbonyl (C=O) groups excluding carboxylic acids is 2. The number of hydrogen-bond acceptors (Lipinski definition) is 4. The van der Waals surface area contributed by atoms with Crippen molar-refractivity contribution in [3.8, 4) is 0 Å². The largest absolute Gasteiger partial charge is 0.416 e. The Morgan fingerprint density at radius 2 is 1.66 bits per heavy atom. The van der Waals surface area contributed by atoms with E-state index >= 15 is 0 Å². The molecule has 0 aromatic heterocycles. The number of halogens is 3. The van der Waals surface area contributed by atoms with Gasteiger partial charge >= 0.3 is 6.18 Å². The molecule has 0 aliphatic carbocycles. The Morgan fingerprint density at radius 1 is 0.969 bits per heavy atom. The number of rotatable bonds is 6. The highest BCUT2D eigenvalue weighted by Crippen LogP contribution is 2.30. The van der Waals surface area contributed by atoms with E-state index in [0.29, 0.717) is 19.2 Å². The van der Waals surface area contributed by atoms with Gasteiger partial charge in [0.15, 0.2) is 0 Å². The van der Waals surface area contributed by atoms with Crippen molar-refractivity contribution < 1.29 is 31.2 Å². The number of amides is 2. The van der Waals surface area contributed by atoms with E-state index in [0.717, 1.165) is 37.5 Å². The molecule has 0 radical (unpaired) electrons. The number of nitrogens with one attached hydrogen (secondary N) is 2. The molecule has 0 bridgehead atoms. The summed E-state index contributed by atoms with van der Waals surface area (Å²) in [7, 11) is -4.36. The van der Waals surface area contributed by atoms with Gasteiger partial charge in [-0.25, -0.2) is 13.1 Å². The average Bonchev–Trinajstić information content (AvgIpc) is 2.78. The molecular weight excluding hydrogens is 447 g/mol. The maximum atomic E-state index is 12.8. The summed E-state index contributed by atoms with van der Waals surface area (Å²) in [5.41, 5.74) is -0.607. The molecule has 1 saturated heterocycles. The van der Waals surface area contributed by atoms with Crippen LogP contribution in [-0.2, 0) is 21.0 Å². The Balaban J connectivity index is 1.67. The first-order valence-electron chi connectivity index (χ1n) is 9.93. The summed E-state index contributed by atoms with van der Waals surface area (Å²) in [6.07, 6.45) is -1.85. The van der Waals surface area contributed by atoms with Crippen molar-refractivity contribution >= 4 is 27.5 Å². The molecule has 1 aliphatic heterocycles. The third-order valence-corrected chi connectivity index (χ3v) is 6.37. The van der Waals surface area contributed by atoms with Crippen LogP contribution in [0.1, 0.15) is 35.2 Å². The number of carbonyl (C=O) groups is 2. The lowest BCUT2D eigenvalue weighted by Crippen LogP contribution is -2.37. The van der Waals surface area contributed by atoms with Gasteiger partial charge in [0.25, 0.3) is 5.91 Å². The van der Waals surface area contributed by atoms with Crippen LogP contribution in [0.3, 0.4) is 0 Å². The smallest absolute Gasteiger partial charge is 0.339 e. The Labute approximate surface area is 183 Å². The highest BCUT2D eigenvalue weighted by molar-refractivity contribution is 7.89. The lowest BCUT2D eigenvalue weighted by molar-refractivity contribution is -0.137. The zero-order chi connectivity index (χ0) is 23.4. The molecule has 2 N–H and O–H groups in total. The predicted molar refractivity (Wildman–Crippen MR) is 111 cm³/mol. The molecular formula is C21H22F3N3O4S. The Kier molecular flexibility index (Phi) is 7.19. The maximum Gasteiger partial charge on any atom is 0.416 e. The number of anilines is 1. The van der Waals surface area contributed by atoms with E-state index in [1.54, 1.807) is 23.1 Å². The summed E-state index contributed by atoms with van der Waals surface area (Å²) in [6.45, 7) is 0.528. The molecule has 2 aromatic rings. The molecule has 7 nitrogen and oxygen atoms in total. The van der Waals surface area contributed by atoms with E-state index in [4.69, 9.17) is 0 Å². The van der Waals surface area contributed by atoms with Crippen molar-refractivity contribution in [2.75, 3.05) is 25.0 Å². The number of hydrogen-bond donors (Lipinski definition) is 2. The fraction of sp³-hybridized carbons (Fsp3) is 0.333. The normalized spacial score (nSPS) is 14.8. The van der Waals surface area contributed by atoms with Crippen molar-refractivity contribution in [3.05, 3.63) is 59.7 Å². The van der Waals surface area contributed by atoms with Gasteiger partial charge in [-0.05, 0) is 49.6 Å². The van der Waals surface area contributed by atoms with Gasteiger partial charge in [-0.1, -0.05) is 18.2 Å². The SMILES string of the molecule is O=C(CNS(=O)(=O)c1cccc(C(F)(F)F)c1)Nc1ccccc1C(=O)N1CCCCC1. The first-order chi connectivity index (χ1) is 15.1. The first-order valence-corrected chi connectivity index (χ1v) is 11.4. The van der Waals surface area contributed by atoms with Crippen LogP contribution in [0.2, 0.25) is 0 Å². The zero-order valence-electron chi connectivity index (χ0n) is 17.0. The molecule has 172 valence electrons. The molecule has 1 fully saturated rings. The van der Waals surface area contributed by atoms with Crippen LogP contribution < -0.4 is 10.0 Å². The topological polar surface area (TPSA) is 95.6 Å². The summed E-state index contributed by atoms with van der Waals surface area (Å²) in [5, 5.41) is 2.50. The third-order valence-electron chi connectivity index (χ3n) is 4.97. The van der Waals surface area contributed by atoms with Gasteiger partial charge in [0.1, 0.15) is 0 Å². The van der Waals surface area contributed by atoms with E-state index in [2.05, 4.69) is 5.32 Å². The van der Waals surface area contributed by atoms with E-state index in [-0.39, 0.29) is 17.2 Å². The van der Waals surface area contributed by atoms with Crippen LogP contribution in [0.15, 0.2) is 53.4 Å². The minimum Gasteiger partial charge on any atom is -0.339 e. The van der Waals surface area contributed by atoms with Gasteiger partial charge < -0.3 is 10.2 Å². The van der Waals surface area contributed by atoms with Gasteiger partial charge in [0, 0.05) is 13.1 Å². The standard InChI is InChI=1S/C21H22F3N3O4S/c22-21(23,24)15-7-6-8-16(13-15)32(30,31)25-14-19(28)26-18-10-3-2-9-17(18)20(29)27-11-4-1-5-12-27/h2-3,6-10,13,25H,1,4-5,11-12,14H2,(H,26,28). The molecule has 3 rings (SSSR count). The Morgan fingerprint density at radius 3 is 2.34 bits per heavy atom. The predicted octanol–water partition coefficient (Wildman–Crippen LogP) is 3.25. The fourth-order valence-electron chi connectivity index (χ4n) is 3.32. The summed E-state index contributed by atoms with van der Waals surface area (Å²) < 4.78 is 65.2. The number of alkyl halides is 3. The lowest BCUT2D eigenvalue weighted by Gasteiger charge is -2.27. The second-order valence-electron chi connectivity index (χ2n) is 7.30. The molecule has 11 heteroatoms. The van der Waals surface area contributed by atoms with Crippen molar-refractivity contribution in [3.63, 3.8) is 0 Å². The molecule has 1 aliphatic rings. The molecule has 2 aromatic carbocycles. The van der Waals surface area contributed by atoms with Crippen LogP contribution in [0.5, 0.6) is 0 Å². The quantitative estimate of drug-likeness (QED) is 0.679. The van der Waals surface area contributed by atoms with Crippen LogP contribution in [0.4, 0.5) is 18.9 Å². The number of sulfonamides is 1. The van der Waals surface area contributed by atoms with Gasteiger partial charge in [-0.3, -0.25) is 9.59 Å². The number of likely N-dealkylation sites (tertiary alicyclic amines) is 1. The number of piperidine rings is 1. The average molecular weight is 469 g/mol. The summed E-state index contributed by atoms with van der Waals surface area (Å²) in [6, 6.07) is 9.59. The minimum absolute atomic E-state index is 0.228. The number of benzene rings is 2. The molecule has 0 unspecified atom stereocenters. The van der Waals surface area contributed by atoms with E-state index in [9.17, 15) is 31.2 Å². The van der Waals surface area contributed by atoms with Crippen molar-refractivity contribution in [1.29, 1.82) is 0 Å². The van der Waals surface area contributed by atoms with E-state index in [1.165, 1.54) is 6.07 Å². The highest BCUT2D eigenvalue weighted by atomic mass is 32.2. The molecule has 2 amide bonds. The monoisotopic (exact) mass is 469 g/mol. The summed E-state index contributed by atoms with van der Waals surface area (Å²) in [4.78, 5) is 26.2. The van der Waals surface area contributed by atoms with Crippen LogP contribution >= 0.6 is 0 Å². The number of para-hydroxylation sites is 1. The van der Waals surface area contributed by atoms with Crippen LogP contribution in [-0.4, -0.2) is 44.8 Å². The molecule has 0 saturated carbocycles. The van der Waals surface area contributed by atoms with Gasteiger partial charge in [0.2, 0.25) is 15.9 Å². The van der Waals surface area contributed by atoms with Crippen molar-refractivity contribution in [1.82, 2.24) is 9.62 Å². The Hall–Kier alpha value is -2.92. The fourth-order valence-corrected chi connectivity index (χ4v) is 4.35. The zero-order valence-corrected chi connectivity index (χ0v) is 17.8. The van der Waals surface area contributed by atoms with Crippen molar-refractivity contribution in [2.24, 2.45) is 0 Å². The second kappa shape index (κ2) is 9.70. The highest BCUT2D eigenvalue weighted by Gasteiger charge is 2.31. The molecule has 32 heavy (non-hydrogen) atoms. The maximum absolute atomic E-state index is 12.8. The molecule has 0 spiro atoms. The van der Waals surface area contributed by atoms with Crippen molar-refractivity contribution in [2.45, 2.75) is 30.3 Å². The summed E-state index contributed by atoms with van der Waals surface area (Å²) in [5.74, 6) is -0.996. The lowest BCUT2D eigenvalue weighted by atomic mass is 10.1. The molecule has 0 atom stereocenters.